The van der Waals surface area contributed by atoms with E-state index in [2.05, 4.69) is 91.8 Å². The van der Waals surface area contributed by atoms with Gasteiger partial charge in [-0.15, -0.1) is 6.58 Å². The average molecular weight is 586 g/mol. The number of rotatable bonds is 11. The molecule has 4 N–H and O–H groups in total. The van der Waals surface area contributed by atoms with E-state index in [1.54, 1.807) is 6.08 Å². The van der Waals surface area contributed by atoms with Crippen LogP contribution in [0, 0.1) is 5.41 Å². The van der Waals surface area contributed by atoms with Crippen molar-refractivity contribution in [1.82, 2.24) is 10.2 Å². The largest absolute Gasteiger partial charge is 0.490 e. The van der Waals surface area contributed by atoms with Gasteiger partial charge in [0.15, 0.2) is 0 Å². The van der Waals surface area contributed by atoms with Gasteiger partial charge in [-0.05, 0) is 50.2 Å². The van der Waals surface area contributed by atoms with E-state index in [0.717, 1.165) is 68.0 Å². The van der Waals surface area contributed by atoms with Crippen molar-refractivity contribution in [3.05, 3.63) is 97.5 Å². The van der Waals surface area contributed by atoms with Gasteiger partial charge in [0.25, 0.3) is 0 Å². The third-order valence-electron chi connectivity index (χ3n) is 7.72. The van der Waals surface area contributed by atoms with Crippen molar-refractivity contribution < 1.29 is 4.74 Å². The van der Waals surface area contributed by atoms with Crippen molar-refractivity contribution in [3.8, 4) is 5.75 Å². The Kier molecular flexibility index (Phi) is 12.7. The highest BCUT2D eigenvalue weighted by Crippen LogP contribution is 2.33. The van der Waals surface area contributed by atoms with Gasteiger partial charge in [0, 0.05) is 85.5 Å². The molecule has 43 heavy (non-hydrogen) atoms. The Hall–Kier alpha value is -3.80. The average Bonchev–Trinajstić information content (AvgIpc) is 2.96. The van der Waals surface area contributed by atoms with Gasteiger partial charge in [-0.1, -0.05) is 70.8 Å². The first-order chi connectivity index (χ1) is 20.5. The van der Waals surface area contributed by atoms with E-state index >= 15 is 0 Å². The van der Waals surface area contributed by atoms with Crippen LogP contribution < -0.4 is 26.0 Å². The molecule has 234 valence electrons. The van der Waals surface area contributed by atoms with Gasteiger partial charge in [0.2, 0.25) is 0 Å². The quantitative estimate of drug-likeness (QED) is 0.231. The van der Waals surface area contributed by atoms with Crippen LogP contribution in [0.1, 0.15) is 77.3 Å². The number of para-hydroxylation sites is 1. The molecule has 0 amide bonds. The summed E-state index contributed by atoms with van der Waals surface area (Å²) < 4.78 is 6.78. The summed E-state index contributed by atoms with van der Waals surface area (Å²) >= 11 is 0. The molecule has 6 heteroatoms. The first kappa shape index (κ1) is 33.7. The van der Waals surface area contributed by atoms with Gasteiger partial charge in [-0.2, -0.15) is 0 Å². The number of nitrogens with zero attached hydrogens (tertiary/aromatic N) is 2. The topological polar surface area (TPSA) is 65.8 Å². The molecule has 0 unspecified atom stereocenters. The molecule has 2 aliphatic heterocycles. The van der Waals surface area contributed by atoms with Crippen LogP contribution in [0.5, 0.6) is 5.75 Å². The number of hydrogen-bond acceptors (Lipinski definition) is 6. The highest BCUT2D eigenvalue weighted by Gasteiger charge is 2.25. The zero-order valence-electron chi connectivity index (χ0n) is 27.2. The third-order valence-corrected chi connectivity index (χ3v) is 7.72. The van der Waals surface area contributed by atoms with Gasteiger partial charge >= 0.3 is 0 Å². The maximum atomic E-state index is 6.78. The maximum Gasteiger partial charge on any atom is 0.126 e. The molecule has 2 aliphatic rings. The Morgan fingerprint density at radius 2 is 1.65 bits per heavy atom. The summed E-state index contributed by atoms with van der Waals surface area (Å²) in [5, 5.41) is 6.66. The Labute approximate surface area is 261 Å². The Morgan fingerprint density at radius 3 is 2.28 bits per heavy atom. The second-order valence-electron chi connectivity index (χ2n) is 12.9. The van der Waals surface area contributed by atoms with Crippen LogP contribution in [0.3, 0.4) is 0 Å². The van der Waals surface area contributed by atoms with E-state index < -0.39 is 0 Å². The van der Waals surface area contributed by atoms with Crippen LogP contribution in [0.15, 0.2) is 86.4 Å². The molecule has 0 atom stereocenters. The predicted octanol–water partition coefficient (Wildman–Crippen LogP) is 8.26. The molecular formula is C37H55N5O. The first-order valence-electron chi connectivity index (χ1n) is 15.8. The van der Waals surface area contributed by atoms with Crippen LogP contribution in [0.25, 0.3) is 5.70 Å². The lowest BCUT2D eigenvalue weighted by atomic mass is 9.90. The summed E-state index contributed by atoms with van der Waals surface area (Å²) in [5.41, 5.74) is 12.3. The van der Waals surface area contributed by atoms with E-state index in [-0.39, 0.29) is 11.5 Å². The Morgan fingerprint density at radius 1 is 1.00 bits per heavy atom. The molecule has 0 saturated carbocycles. The molecule has 2 fully saturated rings. The fourth-order valence-electron chi connectivity index (χ4n) is 5.69. The summed E-state index contributed by atoms with van der Waals surface area (Å²) in [7, 11) is 0. The number of nitrogens with one attached hydrogen (secondary N) is 2. The molecule has 2 saturated heterocycles. The molecular weight excluding hydrogens is 530 g/mol. The number of allylic oxidation sites excluding steroid dienone is 2. The normalized spacial score (nSPS) is 15.5. The summed E-state index contributed by atoms with van der Waals surface area (Å²) in [5.74, 6) is 1.35. The molecule has 2 aromatic carbocycles. The van der Waals surface area contributed by atoms with E-state index in [9.17, 15) is 0 Å². The van der Waals surface area contributed by atoms with Gasteiger partial charge < -0.3 is 30.9 Å². The van der Waals surface area contributed by atoms with Crippen molar-refractivity contribution in [3.63, 3.8) is 0 Å². The maximum absolute atomic E-state index is 6.78. The van der Waals surface area contributed by atoms with Crippen molar-refractivity contribution in [2.24, 2.45) is 11.1 Å². The SMILES string of the molecule is C=C(N)NC(=C)c1ccccc1NCc1ccc(N2CCCCC2)cc1OC1CCN(C(=C)CC(C)(C)C)CC1.C=CC. The number of likely N-dealkylation sites (tertiary alicyclic amines) is 1. The zero-order valence-corrected chi connectivity index (χ0v) is 27.2. The number of hydrogen-bond donors (Lipinski definition) is 3. The number of piperidine rings is 2. The minimum Gasteiger partial charge on any atom is -0.490 e. The number of ether oxygens (including phenoxy) is 1. The lowest BCUT2D eigenvalue weighted by Crippen LogP contribution is -2.38. The molecule has 0 radical (unpaired) electrons. The third kappa shape index (κ3) is 10.8. The Bertz CT molecular complexity index is 1230. The number of anilines is 2. The fourth-order valence-corrected chi connectivity index (χ4v) is 5.69. The Balaban J connectivity index is 0.00000162. The summed E-state index contributed by atoms with van der Waals surface area (Å²) in [6, 6.07) is 14.8. The standard InChI is InChI=1S/C34H49N5O.C3H6/c1-25(23-34(4,5)6)38-20-16-30(17-21-38)40-33-22-29(39-18-10-7-11-19-39)15-14-28(33)24-36-32-13-9-8-12-31(32)26(2)37-27(3)35;1-3-2/h8-9,12-15,22,30,36-37H,1-3,7,10-11,16-21,23-24,35H2,4-6H3;3H,1H2,2H3. The van der Waals surface area contributed by atoms with Gasteiger partial charge in [-0.25, -0.2) is 0 Å². The second-order valence-corrected chi connectivity index (χ2v) is 12.9. The van der Waals surface area contributed by atoms with Crippen molar-refractivity contribution in [1.29, 1.82) is 0 Å². The van der Waals surface area contributed by atoms with Gasteiger partial charge in [0.05, 0.1) is 5.82 Å². The lowest BCUT2D eigenvalue weighted by molar-refractivity contribution is 0.112. The molecule has 2 aromatic rings. The lowest BCUT2D eigenvalue weighted by Gasteiger charge is -2.37. The highest BCUT2D eigenvalue weighted by molar-refractivity contribution is 5.74. The van der Waals surface area contributed by atoms with Crippen LogP contribution in [-0.2, 0) is 6.54 Å². The monoisotopic (exact) mass is 585 g/mol. The van der Waals surface area contributed by atoms with Crippen molar-refractivity contribution in [2.75, 3.05) is 36.4 Å². The van der Waals surface area contributed by atoms with Crippen molar-refractivity contribution >= 4 is 17.1 Å². The molecule has 6 nitrogen and oxygen atoms in total. The molecule has 2 heterocycles. The first-order valence-corrected chi connectivity index (χ1v) is 15.8. The van der Waals surface area contributed by atoms with Crippen LogP contribution in [0.4, 0.5) is 11.4 Å². The molecule has 0 bridgehead atoms. The van der Waals surface area contributed by atoms with Crippen LogP contribution in [0.2, 0.25) is 0 Å². The minimum absolute atomic E-state index is 0.195. The molecule has 4 rings (SSSR count). The smallest absolute Gasteiger partial charge is 0.126 e. The van der Waals surface area contributed by atoms with E-state index in [1.165, 1.54) is 30.6 Å². The predicted molar refractivity (Wildman–Crippen MR) is 186 cm³/mol. The summed E-state index contributed by atoms with van der Waals surface area (Å²) in [6.45, 7) is 29.2. The summed E-state index contributed by atoms with van der Waals surface area (Å²) in [4.78, 5) is 4.95. The van der Waals surface area contributed by atoms with E-state index in [0.29, 0.717) is 18.1 Å². The molecule has 0 aromatic heterocycles. The van der Waals surface area contributed by atoms with Gasteiger partial charge in [0.1, 0.15) is 11.9 Å². The summed E-state index contributed by atoms with van der Waals surface area (Å²) in [6.07, 6.45) is 8.79. The number of benzene rings is 2. The van der Waals surface area contributed by atoms with E-state index in [1.807, 2.05) is 25.1 Å². The fraction of sp³-hybridized carbons (Fsp3) is 0.459. The van der Waals surface area contributed by atoms with Crippen molar-refractivity contribution in [2.45, 2.75) is 78.9 Å². The van der Waals surface area contributed by atoms with Gasteiger partial charge in [-0.3, -0.25) is 0 Å². The zero-order chi connectivity index (χ0) is 31.4. The number of nitrogens with two attached hydrogens (primary N) is 1. The highest BCUT2D eigenvalue weighted by atomic mass is 16.5. The molecule has 0 aliphatic carbocycles. The van der Waals surface area contributed by atoms with E-state index in [4.69, 9.17) is 10.5 Å². The van der Waals surface area contributed by atoms with Crippen LogP contribution >= 0.6 is 0 Å². The van der Waals surface area contributed by atoms with Crippen LogP contribution in [-0.4, -0.2) is 37.2 Å². The second kappa shape index (κ2) is 16.2. The molecule has 0 spiro atoms. The minimum atomic E-state index is 0.195.